The van der Waals surface area contributed by atoms with E-state index in [1.54, 1.807) is 11.0 Å². The van der Waals surface area contributed by atoms with E-state index in [-0.39, 0.29) is 5.82 Å². The van der Waals surface area contributed by atoms with Gasteiger partial charge in [-0.25, -0.2) is 4.39 Å². The van der Waals surface area contributed by atoms with Crippen molar-refractivity contribution in [2.45, 2.75) is 6.10 Å². The number of halogens is 1. The Morgan fingerprint density at radius 3 is 2.83 bits per heavy atom. The molecule has 1 aliphatic rings. The average Bonchev–Trinajstić information content (AvgIpc) is 2.92. The number of aliphatic hydroxyl groups excluding tert-OH is 1. The maximum atomic E-state index is 13.2. The average molecular weight is 322 g/mol. The molecule has 3 rings (SSSR count). The Hall–Kier alpha value is -1.70. The Balaban J connectivity index is 1.57. The van der Waals surface area contributed by atoms with Crippen molar-refractivity contribution < 1.29 is 13.9 Å². The highest BCUT2D eigenvalue weighted by Gasteiger charge is 2.19. The highest BCUT2D eigenvalue weighted by atomic mass is 19.1. The number of oxazole rings is 1. The fourth-order valence-electron chi connectivity index (χ4n) is 2.83. The smallest absolute Gasteiger partial charge is 0.298 e. The van der Waals surface area contributed by atoms with Crippen LogP contribution < -0.4 is 4.90 Å². The molecule has 2 aromatic rings. The van der Waals surface area contributed by atoms with Crippen LogP contribution in [-0.4, -0.2) is 79.4 Å². The molecule has 0 saturated carbocycles. The second kappa shape index (κ2) is 6.82. The summed E-state index contributed by atoms with van der Waals surface area (Å²) in [6.45, 7) is 5.05. The minimum absolute atomic E-state index is 0.338. The van der Waals surface area contributed by atoms with Crippen molar-refractivity contribution in [3.63, 3.8) is 0 Å². The summed E-state index contributed by atoms with van der Waals surface area (Å²) in [5.41, 5.74) is 1.03. The van der Waals surface area contributed by atoms with Gasteiger partial charge in [0, 0.05) is 52.4 Å². The summed E-state index contributed by atoms with van der Waals surface area (Å²) in [6.07, 6.45) is -0.491. The van der Waals surface area contributed by atoms with E-state index >= 15 is 0 Å². The minimum atomic E-state index is -0.491. The standard InChI is InChI=1S/C16H23FN4O2/c1-19-5-7-21(8-6-19)11-13(22)10-20(2)16-18-14-9-12(17)3-4-15(14)23-16/h3-4,9,13,22H,5-8,10-11H2,1-2H3. The topological polar surface area (TPSA) is 56.0 Å². The molecule has 126 valence electrons. The van der Waals surface area contributed by atoms with Crippen LogP contribution in [0.3, 0.4) is 0 Å². The van der Waals surface area contributed by atoms with Crippen molar-refractivity contribution in [2.75, 3.05) is 58.3 Å². The molecular formula is C16H23FN4O2. The Morgan fingerprint density at radius 2 is 2.09 bits per heavy atom. The Labute approximate surface area is 135 Å². The zero-order valence-electron chi connectivity index (χ0n) is 13.6. The number of anilines is 1. The second-order valence-electron chi connectivity index (χ2n) is 6.25. The number of β-amino-alcohol motifs (C(OH)–C–C–N with tert-alkyl or cyclic N) is 1. The first kappa shape index (κ1) is 16.2. The minimum Gasteiger partial charge on any atom is -0.423 e. The first-order chi connectivity index (χ1) is 11.0. The molecule has 1 N–H and O–H groups in total. The van der Waals surface area contributed by atoms with E-state index in [0.29, 0.717) is 30.2 Å². The van der Waals surface area contributed by atoms with Gasteiger partial charge in [0.05, 0.1) is 6.10 Å². The third-order valence-electron chi connectivity index (χ3n) is 4.21. The van der Waals surface area contributed by atoms with Gasteiger partial charge in [-0.2, -0.15) is 4.98 Å². The molecule has 1 unspecified atom stereocenters. The molecule has 1 fully saturated rings. The number of benzene rings is 1. The molecule has 1 saturated heterocycles. The first-order valence-electron chi connectivity index (χ1n) is 7.87. The number of nitrogens with zero attached hydrogens (tertiary/aromatic N) is 4. The lowest BCUT2D eigenvalue weighted by Gasteiger charge is -2.34. The molecule has 0 spiro atoms. The van der Waals surface area contributed by atoms with Crippen LogP contribution in [0.5, 0.6) is 0 Å². The number of aliphatic hydroxyl groups is 1. The van der Waals surface area contributed by atoms with Gasteiger partial charge in [0.15, 0.2) is 5.58 Å². The summed E-state index contributed by atoms with van der Waals surface area (Å²) in [5.74, 6) is -0.338. The molecule has 0 amide bonds. The fourth-order valence-corrected chi connectivity index (χ4v) is 2.83. The van der Waals surface area contributed by atoms with Crippen molar-refractivity contribution in [3.05, 3.63) is 24.0 Å². The molecule has 0 aliphatic carbocycles. The third-order valence-corrected chi connectivity index (χ3v) is 4.21. The quantitative estimate of drug-likeness (QED) is 0.887. The second-order valence-corrected chi connectivity index (χ2v) is 6.25. The summed E-state index contributed by atoms with van der Waals surface area (Å²) in [7, 11) is 3.92. The summed E-state index contributed by atoms with van der Waals surface area (Å²) in [5, 5.41) is 10.3. The van der Waals surface area contributed by atoms with E-state index in [0.717, 1.165) is 26.2 Å². The molecule has 7 heteroatoms. The molecule has 2 heterocycles. The van der Waals surface area contributed by atoms with Gasteiger partial charge in [-0.15, -0.1) is 0 Å². The monoisotopic (exact) mass is 322 g/mol. The SMILES string of the molecule is CN1CCN(CC(O)CN(C)c2nc3cc(F)ccc3o2)CC1. The lowest BCUT2D eigenvalue weighted by molar-refractivity contribution is 0.0838. The van der Waals surface area contributed by atoms with Crippen LogP contribution in [0.4, 0.5) is 10.4 Å². The number of likely N-dealkylation sites (N-methyl/N-ethyl adjacent to an activating group) is 2. The van der Waals surface area contributed by atoms with E-state index < -0.39 is 6.10 Å². The molecule has 1 aromatic carbocycles. The van der Waals surface area contributed by atoms with Gasteiger partial charge in [0.2, 0.25) is 0 Å². The summed E-state index contributed by atoms with van der Waals surface area (Å²) < 4.78 is 18.8. The van der Waals surface area contributed by atoms with Crippen LogP contribution in [0, 0.1) is 5.82 Å². The van der Waals surface area contributed by atoms with E-state index in [1.165, 1.54) is 12.1 Å². The number of rotatable bonds is 5. The Kier molecular flexibility index (Phi) is 4.79. The van der Waals surface area contributed by atoms with Crippen molar-refractivity contribution >= 4 is 17.1 Å². The summed E-state index contributed by atoms with van der Waals surface area (Å²) >= 11 is 0. The van der Waals surface area contributed by atoms with Crippen LogP contribution in [0.25, 0.3) is 11.1 Å². The lowest BCUT2D eigenvalue weighted by atomic mass is 10.2. The van der Waals surface area contributed by atoms with Crippen molar-refractivity contribution in [1.29, 1.82) is 0 Å². The maximum absolute atomic E-state index is 13.2. The number of hydrogen-bond donors (Lipinski definition) is 1. The zero-order chi connectivity index (χ0) is 16.4. The van der Waals surface area contributed by atoms with Crippen LogP contribution in [0.15, 0.2) is 22.6 Å². The molecule has 0 bridgehead atoms. The molecule has 1 aromatic heterocycles. The number of fused-ring (bicyclic) bond motifs is 1. The van der Waals surface area contributed by atoms with Crippen LogP contribution in [0.1, 0.15) is 0 Å². The van der Waals surface area contributed by atoms with Gasteiger partial charge in [-0.1, -0.05) is 0 Å². The molecule has 1 aliphatic heterocycles. The van der Waals surface area contributed by atoms with Crippen molar-refractivity contribution in [3.8, 4) is 0 Å². The molecular weight excluding hydrogens is 299 g/mol. The lowest BCUT2D eigenvalue weighted by Crippen LogP contribution is -2.48. The van der Waals surface area contributed by atoms with E-state index in [4.69, 9.17) is 4.42 Å². The van der Waals surface area contributed by atoms with Crippen LogP contribution in [-0.2, 0) is 0 Å². The largest absolute Gasteiger partial charge is 0.423 e. The Bertz CT molecular complexity index is 655. The van der Waals surface area contributed by atoms with E-state index in [2.05, 4.69) is 21.8 Å². The van der Waals surface area contributed by atoms with Crippen LogP contribution in [0.2, 0.25) is 0 Å². The number of hydrogen-bond acceptors (Lipinski definition) is 6. The number of aromatic nitrogens is 1. The predicted molar refractivity (Wildman–Crippen MR) is 87.2 cm³/mol. The third kappa shape index (κ3) is 3.99. The van der Waals surface area contributed by atoms with Gasteiger partial charge in [0.25, 0.3) is 6.01 Å². The van der Waals surface area contributed by atoms with E-state index in [1.807, 2.05) is 7.05 Å². The first-order valence-corrected chi connectivity index (χ1v) is 7.87. The van der Waals surface area contributed by atoms with E-state index in [9.17, 15) is 9.50 Å². The van der Waals surface area contributed by atoms with Crippen molar-refractivity contribution in [1.82, 2.24) is 14.8 Å². The van der Waals surface area contributed by atoms with Gasteiger partial charge in [-0.05, 0) is 19.2 Å². The number of piperazine rings is 1. The van der Waals surface area contributed by atoms with Crippen molar-refractivity contribution in [2.24, 2.45) is 0 Å². The van der Waals surface area contributed by atoms with Crippen LogP contribution >= 0.6 is 0 Å². The predicted octanol–water partition coefficient (Wildman–Crippen LogP) is 1.01. The summed E-state index contributed by atoms with van der Waals surface area (Å²) in [6, 6.07) is 4.65. The molecule has 6 nitrogen and oxygen atoms in total. The molecule has 1 atom stereocenters. The normalized spacial score (nSPS) is 18.4. The van der Waals surface area contributed by atoms with Gasteiger partial charge >= 0.3 is 0 Å². The fraction of sp³-hybridized carbons (Fsp3) is 0.562. The maximum Gasteiger partial charge on any atom is 0.298 e. The Morgan fingerprint density at radius 1 is 1.35 bits per heavy atom. The zero-order valence-corrected chi connectivity index (χ0v) is 13.6. The molecule has 0 radical (unpaired) electrons. The van der Waals surface area contributed by atoms with Gasteiger partial charge in [-0.3, -0.25) is 4.90 Å². The van der Waals surface area contributed by atoms with Gasteiger partial charge in [0.1, 0.15) is 11.3 Å². The van der Waals surface area contributed by atoms with Gasteiger partial charge < -0.3 is 19.3 Å². The summed E-state index contributed by atoms with van der Waals surface area (Å²) in [4.78, 5) is 10.6. The highest BCUT2D eigenvalue weighted by Crippen LogP contribution is 2.22. The highest BCUT2D eigenvalue weighted by molar-refractivity contribution is 5.74. The molecule has 23 heavy (non-hydrogen) atoms.